The first-order valence-corrected chi connectivity index (χ1v) is 4.76. The van der Waals surface area contributed by atoms with Crippen LogP contribution in [0, 0.1) is 22.7 Å². The molecule has 68 valence electrons. The fourth-order valence-electron chi connectivity index (χ4n) is 1.09. The van der Waals surface area contributed by atoms with E-state index in [1.165, 1.54) is 0 Å². The molecule has 0 aliphatic rings. The number of hydrogen-bond donors (Lipinski definition) is 0. The summed E-state index contributed by atoms with van der Waals surface area (Å²) in [6.45, 7) is 1.77. The van der Waals surface area contributed by atoms with Crippen LogP contribution >= 0.6 is 15.9 Å². The Kier molecular flexibility index (Phi) is 3.45. The maximum Gasteiger partial charge on any atom is 0.133 e. The molecule has 0 heterocycles. The maximum atomic E-state index is 8.70. The molecule has 0 saturated heterocycles. The zero-order valence-corrected chi connectivity index (χ0v) is 9.17. The van der Waals surface area contributed by atoms with Crippen LogP contribution in [0.25, 0.3) is 5.57 Å². The van der Waals surface area contributed by atoms with Crippen LogP contribution in [-0.2, 0) is 0 Å². The monoisotopic (exact) mass is 246 g/mol. The van der Waals surface area contributed by atoms with Crippen LogP contribution in [-0.4, -0.2) is 0 Å². The summed E-state index contributed by atoms with van der Waals surface area (Å²) in [5.41, 5.74) is 1.73. The van der Waals surface area contributed by atoms with E-state index in [-0.39, 0.29) is 5.57 Å². The van der Waals surface area contributed by atoms with Gasteiger partial charge < -0.3 is 0 Å². The van der Waals surface area contributed by atoms with E-state index in [0.717, 1.165) is 10.0 Å². The summed E-state index contributed by atoms with van der Waals surface area (Å²) in [7, 11) is 0. The normalized spacial score (nSPS) is 8.57. The first-order chi connectivity index (χ1) is 6.70. The SMILES string of the molecule is CC(=C(C#N)C#N)c1ccccc1Br. The molecular weight excluding hydrogens is 240 g/mol. The number of benzene rings is 1. The van der Waals surface area contributed by atoms with Crippen molar-refractivity contribution in [1.29, 1.82) is 10.5 Å². The molecule has 2 nitrogen and oxygen atoms in total. The summed E-state index contributed by atoms with van der Waals surface area (Å²) < 4.78 is 0.889. The predicted molar refractivity (Wildman–Crippen MR) is 58.0 cm³/mol. The molecule has 1 aromatic carbocycles. The third-order valence-corrected chi connectivity index (χ3v) is 2.57. The minimum Gasteiger partial charge on any atom is -0.192 e. The van der Waals surface area contributed by atoms with E-state index < -0.39 is 0 Å². The molecular formula is C11H7BrN2. The molecule has 1 aromatic rings. The average Bonchev–Trinajstić information content (AvgIpc) is 2.20. The van der Waals surface area contributed by atoms with Gasteiger partial charge in [0.1, 0.15) is 17.7 Å². The lowest BCUT2D eigenvalue weighted by molar-refractivity contribution is 1.43. The average molecular weight is 247 g/mol. The van der Waals surface area contributed by atoms with Gasteiger partial charge in [-0.1, -0.05) is 34.1 Å². The first kappa shape index (κ1) is 10.5. The summed E-state index contributed by atoms with van der Waals surface area (Å²) >= 11 is 3.37. The Morgan fingerprint density at radius 1 is 1.21 bits per heavy atom. The lowest BCUT2D eigenvalue weighted by atomic mass is 10.0. The number of halogens is 1. The van der Waals surface area contributed by atoms with Crippen LogP contribution in [0.3, 0.4) is 0 Å². The number of allylic oxidation sites excluding steroid dienone is 2. The van der Waals surface area contributed by atoms with Gasteiger partial charge in [0.2, 0.25) is 0 Å². The molecule has 0 atom stereocenters. The van der Waals surface area contributed by atoms with Crippen LogP contribution < -0.4 is 0 Å². The largest absolute Gasteiger partial charge is 0.192 e. The van der Waals surface area contributed by atoms with Crippen molar-refractivity contribution in [3.63, 3.8) is 0 Å². The second-order valence-corrected chi connectivity index (χ2v) is 3.56. The Bertz CT molecular complexity index is 445. The smallest absolute Gasteiger partial charge is 0.133 e. The van der Waals surface area contributed by atoms with Gasteiger partial charge in [-0.05, 0) is 24.1 Å². The molecule has 0 aliphatic heterocycles. The number of rotatable bonds is 1. The standard InChI is InChI=1S/C11H7BrN2/c1-8(9(6-13)7-14)10-4-2-3-5-11(10)12/h2-5H,1H3. The van der Waals surface area contributed by atoms with Crippen molar-refractivity contribution in [1.82, 2.24) is 0 Å². The molecule has 0 aliphatic carbocycles. The zero-order valence-electron chi connectivity index (χ0n) is 7.58. The summed E-state index contributed by atoms with van der Waals surface area (Å²) in [5.74, 6) is 0. The second-order valence-electron chi connectivity index (χ2n) is 2.70. The Labute approximate surface area is 91.2 Å². The molecule has 0 bridgehead atoms. The van der Waals surface area contributed by atoms with Gasteiger partial charge in [0, 0.05) is 4.47 Å². The van der Waals surface area contributed by atoms with E-state index in [0.29, 0.717) is 5.57 Å². The number of hydrogen-bond acceptors (Lipinski definition) is 2. The van der Waals surface area contributed by atoms with Gasteiger partial charge in [0.05, 0.1) is 0 Å². The van der Waals surface area contributed by atoms with E-state index in [2.05, 4.69) is 15.9 Å². The number of nitrogens with zero attached hydrogens (tertiary/aromatic N) is 2. The Morgan fingerprint density at radius 3 is 2.29 bits per heavy atom. The fourth-order valence-corrected chi connectivity index (χ4v) is 1.67. The van der Waals surface area contributed by atoms with Crippen LogP contribution in [0.4, 0.5) is 0 Å². The van der Waals surface area contributed by atoms with Crippen molar-refractivity contribution in [2.45, 2.75) is 6.92 Å². The molecule has 0 aromatic heterocycles. The lowest BCUT2D eigenvalue weighted by Gasteiger charge is -2.03. The quantitative estimate of drug-likeness (QED) is 0.715. The van der Waals surface area contributed by atoms with Gasteiger partial charge in [-0.15, -0.1) is 0 Å². The predicted octanol–water partition coefficient (Wildman–Crippen LogP) is 3.27. The molecule has 0 unspecified atom stereocenters. The van der Waals surface area contributed by atoms with Gasteiger partial charge in [-0.2, -0.15) is 10.5 Å². The molecule has 0 radical (unpaired) electrons. The lowest BCUT2D eigenvalue weighted by Crippen LogP contribution is -1.85. The highest BCUT2D eigenvalue weighted by Crippen LogP contribution is 2.25. The minimum absolute atomic E-state index is 0.150. The molecule has 0 saturated carbocycles. The van der Waals surface area contributed by atoms with Crippen molar-refractivity contribution in [2.75, 3.05) is 0 Å². The maximum absolute atomic E-state index is 8.70. The molecule has 0 N–H and O–H groups in total. The number of nitriles is 2. The van der Waals surface area contributed by atoms with Crippen molar-refractivity contribution >= 4 is 21.5 Å². The summed E-state index contributed by atoms with van der Waals surface area (Å²) in [6, 6.07) is 11.3. The van der Waals surface area contributed by atoms with Crippen LogP contribution in [0.5, 0.6) is 0 Å². The van der Waals surface area contributed by atoms with E-state index in [9.17, 15) is 0 Å². The van der Waals surface area contributed by atoms with Crippen LogP contribution in [0.15, 0.2) is 34.3 Å². The highest BCUT2D eigenvalue weighted by atomic mass is 79.9. The zero-order chi connectivity index (χ0) is 10.6. The van der Waals surface area contributed by atoms with Gasteiger partial charge in [-0.25, -0.2) is 0 Å². The van der Waals surface area contributed by atoms with Crippen LogP contribution in [0.2, 0.25) is 0 Å². The van der Waals surface area contributed by atoms with Gasteiger partial charge in [0.25, 0.3) is 0 Å². The van der Waals surface area contributed by atoms with Gasteiger partial charge >= 0.3 is 0 Å². The second kappa shape index (κ2) is 4.60. The van der Waals surface area contributed by atoms with Gasteiger partial charge in [0.15, 0.2) is 0 Å². The Balaban J connectivity index is 3.35. The third kappa shape index (κ3) is 2.02. The molecule has 0 amide bonds. The van der Waals surface area contributed by atoms with Crippen LogP contribution in [0.1, 0.15) is 12.5 Å². The first-order valence-electron chi connectivity index (χ1n) is 3.96. The fraction of sp³-hybridized carbons (Fsp3) is 0.0909. The topological polar surface area (TPSA) is 47.6 Å². The molecule has 0 fully saturated rings. The molecule has 0 spiro atoms. The van der Waals surface area contributed by atoms with Crippen molar-refractivity contribution in [2.24, 2.45) is 0 Å². The van der Waals surface area contributed by atoms with E-state index in [4.69, 9.17) is 10.5 Å². The van der Waals surface area contributed by atoms with E-state index >= 15 is 0 Å². The highest BCUT2D eigenvalue weighted by Gasteiger charge is 2.06. The summed E-state index contributed by atoms with van der Waals surface area (Å²) in [4.78, 5) is 0. The Hall–Kier alpha value is -1.58. The van der Waals surface area contributed by atoms with E-state index in [1.807, 2.05) is 36.4 Å². The third-order valence-electron chi connectivity index (χ3n) is 1.88. The molecule has 14 heavy (non-hydrogen) atoms. The van der Waals surface area contributed by atoms with Crippen molar-refractivity contribution < 1.29 is 0 Å². The summed E-state index contributed by atoms with van der Waals surface area (Å²) in [5, 5.41) is 17.4. The molecule has 3 heteroatoms. The Morgan fingerprint density at radius 2 is 1.79 bits per heavy atom. The van der Waals surface area contributed by atoms with E-state index in [1.54, 1.807) is 6.92 Å². The highest BCUT2D eigenvalue weighted by molar-refractivity contribution is 9.10. The van der Waals surface area contributed by atoms with Crippen molar-refractivity contribution in [3.05, 3.63) is 39.9 Å². The minimum atomic E-state index is 0.150. The van der Waals surface area contributed by atoms with Gasteiger partial charge in [-0.3, -0.25) is 0 Å². The molecule has 1 rings (SSSR count). The van der Waals surface area contributed by atoms with Crippen molar-refractivity contribution in [3.8, 4) is 12.1 Å². The summed E-state index contributed by atoms with van der Waals surface area (Å²) in [6.07, 6.45) is 0.